The van der Waals surface area contributed by atoms with Crippen LogP contribution in [0.15, 0.2) is 36.5 Å². The minimum absolute atomic E-state index is 0. The molecule has 3 N–H and O–H groups in total. The van der Waals surface area contributed by atoms with Crippen LogP contribution in [-0.2, 0) is 4.79 Å². The monoisotopic (exact) mass is 311 g/mol. The molecule has 0 fully saturated rings. The molecule has 0 aliphatic carbocycles. The summed E-state index contributed by atoms with van der Waals surface area (Å²) in [4.78, 5) is 17.1. The zero-order chi connectivity index (χ0) is 13.8. The fraction of sp³-hybridized carbons (Fsp3) is 0.286. The first-order chi connectivity index (χ1) is 9.08. The van der Waals surface area contributed by atoms with Crippen LogP contribution in [0.1, 0.15) is 13.8 Å². The van der Waals surface area contributed by atoms with Gasteiger partial charge < -0.3 is 11.1 Å². The van der Waals surface area contributed by atoms with Crippen molar-refractivity contribution >= 4 is 34.8 Å². The summed E-state index contributed by atoms with van der Waals surface area (Å²) < 4.78 is 0. The molecule has 2 aromatic rings. The topological polar surface area (TPSA) is 68.0 Å². The molecule has 0 spiro atoms. The lowest BCUT2D eigenvalue weighted by Gasteiger charge is -2.13. The number of nitrogens with one attached hydrogen (secondary N) is 1. The Morgan fingerprint density at radius 1 is 1.30 bits per heavy atom. The zero-order valence-electron chi connectivity index (χ0n) is 11.4. The maximum atomic E-state index is 11.9. The molecule has 0 saturated heterocycles. The zero-order valence-corrected chi connectivity index (χ0v) is 13.0. The van der Waals surface area contributed by atoms with Crippen LogP contribution < -0.4 is 11.1 Å². The third-order valence-electron chi connectivity index (χ3n) is 3.00. The Balaban J connectivity index is 0.00000200. The first-order valence-electron chi connectivity index (χ1n) is 6.15. The van der Waals surface area contributed by atoms with Crippen molar-refractivity contribution in [1.29, 1.82) is 0 Å². The first kappa shape index (κ1) is 16.6. The Bertz CT molecular complexity index is 557. The summed E-state index contributed by atoms with van der Waals surface area (Å²) in [5.41, 5.74) is 6.81. The van der Waals surface area contributed by atoms with Crippen molar-refractivity contribution in [3.63, 3.8) is 0 Å². The van der Waals surface area contributed by atoms with Gasteiger partial charge in [0.25, 0.3) is 0 Å². The van der Waals surface area contributed by atoms with E-state index in [1.165, 1.54) is 11.3 Å². The molecule has 6 heteroatoms. The molecule has 4 nitrogen and oxygen atoms in total. The lowest BCUT2D eigenvalue weighted by Crippen LogP contribution is -2.34. The number of rotatable bonds is 4. The van der Waals surface area contributed by atoms with Gasteiger partial charge in [0.1, 0.15) is 0 Å². The van der Waals surface area contributed by atoms with Gasteiger partial charge in [0, 0.05) is 12.2 Å². The number of thiazole rings is 1. The van der Waals surface area contributed by atoms with Crippen molar-refractivity contribution in [3.05, 3.63) is 36.5 Å². The Morgan fingerprint density at radius 2 is 1.95 bits per heavy atom. The van der Waals surface area contributed by atoms with E-state index >= 15 is 0 Å². The number of carbonyl (C=O) groups excluding carboxylic acids is 1. The molecule has 2 atom stereocenters. The summed E-state index contributed by atoms with van der Waals surface area (Å²) in [7, 11) is 0. The van der Waals surface area contributed by atoms with Gasteiger partial charge in [-0.15, -0.1) is 12.4 Å². The fourth-order valence-corrected chi connectivity index (χ4v) is 2.35. The van der Waals surface area contributed by atoms with Crippen molar-refractivity contribution in [3.8, 4) is 10.4 Å². The van der Waals surface area contributed by atoms with Gasteiger partial charge in [0.05, 0.1) is 10.8 Å². The smallest absolute Gasteiger partial charge is 0.230 e. The minimum atomic E-state index is -0.232. The van der Waals surface area contributed by atoms with E-state index in [2.05, 4.69) is 10.3 Å². The van der Waals surface area contributed by atoms with Crippen LogP contribution in [-0.4, -0.2) is 16.9 Å². The second-order valence-corrected chi connectivity index (χ2v) is 5.56. The SMILES string of the molecule is CC(N)C(C)C(=O)Nc1ncc(-c2ccccc2)s1.Cl. The number of nitrogens with zero attached hydrogens (tertiary/aromatic N) is 1. The van der Waals surface area contributed by atoms with Crippen molar-refractivity contribution in [2.45, 2.75) is 19.9 Å². The standard InChI is InChI=1S/C14H17N3OS.ClH/c1-9(10(2)15)13(18)17-14-16-8-12(19-14)11-6-4-3-5-7-11;/h3-10H,15H2,1-2H3,(H,16,17,18);1H. The van der Waals surface area contributed by atoms with E-state index in [1.54, 1.807) is 6.20 Å². The van der Waals surface area contributed by atoms with Crippen molar-refractivity contribution < 1.29 is 4.79 Å². The van der Waals surface area contributed by atoms with Crippen molar-refractivity contribution in [2.24, 2.45) is 11.7 Å². The summed E-state index contributed by atoms with van der Waals surface area (Å²) in [6.45, 7) is 3.63. The van der Waals surface area contributed by atoms with Crippen LogP contribution in [0.2, 0.25) is 0 Å². The van der Waals surface area contributed by atoms with Gasteiger partial charge in [-0.1, -0.05) is 48.6 Å². The third-order valence-corrected chi connectivity index (χ3v) is 3.96. The Morgan fingerprint density at radius 3 is 2.55 bits per heavy atom. The Labute approximate surface area is 128 Å². The maximum absolute atomic E-state index is 11.9. The summed E-state index contributed by atoms with van der Waals surface area (Å²) in [5.74, 6) is -0.326. The molecule has 1 aromatic heterocycles. The van der Waals surface area contributed by atoms with E-state index in [-0.39, 0.29) is 30.3 Å². The molecule has 0 aliphatic rings. The summed E-state index contributed by atoms with van der Waals surface area (Å²) >= 11 is 1.46. The van der Waals surface area contributed by atoms with Gasteiger partial charge in [0.15, 0.2) is 5.13 Å². The Kier molecular flexibility index (Phi) is 6.13. The predicted octanol–water partition coefficient (Wildman–Crippen LogP) is 3.15. The quantitative estimate of drug-likeness (QED) is 0.911. The van der Waals surface area contributed by atoms with E-state index < -0.39 is 0 Å². The number of benzene rings is 1. The van der Waals surface area contributed by atoms with E-state index in [1.807, 2.05) is 44.2 Å². The lowest BCUT2D eigenvalue weighted by atomic mass is 10.0. The molecule has 108 valence electrons. The van der Waals surface area contributed by atoms with E-state index in [9.17, 15) is 4.79 Å². The van der Waals surface area contributed by atoms with Gasteiger partial charge in [-0.2, -0.15) is 0 Å². The van der Waals surface area contributed by atoms with Gasteiger partial charge in [0.2, 0.25) is 5.91 Å². The minimum Gasteiger partial charge on any atom is -0.327 e. The molecular formula is C14H18ClN3OS. The van der Waals surface area contributed by atoms with Gasteiger partial charge in [-0.3, -0.25) is 4.79 Å². The average Bonchev–Trinajstić information content (AvgIpc) is 2.87. The van der Waals surface area contributed by atoms with Gasteiger partial charge in [-0.05, 0) is 12.5 Å². The summed E-state index contributed by atoms with van der Waals surface area (Å²) in [6.07, 6.45) is 1.77. The highest BCUT2D eigenvalue weighted by atomic mass is 35.5. The molecule has 2 unspecified atom stereocenters. The van der Waals surface area contributed by atoms with Gasteiger partial charge >= 0.3 is 0 Å². The largest absolute Gasteiger partial charge is 0.327 e. The number of carbonyl (C=O) groups is 1. The number of aromatic nitrogens is 1. The number of hydrogen-bond acceptors (Lipinski definition) is 4. The fourth-order valence-electron chi connectivity index (χ4n) is 1.53. The van der Waals surface area contributed by atoms with Crippen LogP contribution in [0.5, 0.6) is 0 Å². The predicted molar refractivity (Wildman–Crippen MR) is 86.2 cm³/mol. The highest BCUT2D eigenvalue weighted by Crippen LogP contribution is 2.28. The number of amides is 1. The number of hydrogen-bond donors (Lipinski definition) is 2. The molecule has 0 saturated carbocycles. The van der Waals surface area contributed by atoms with Crippen LogP contribution in [0.25, 0.3) is 10.4 Å². The van der Waals surface area contributed by atoms with Crippen LogP contribution in [0.3, 0.4) is 0 Å². The van der Waals surface area contributed by atoms with Crippen molar-refractivity contribution in [2.75, 3.05) is 5.32 Å². The summed E-state index contributed by atoms with van der Waals surface area (Å²) in [6, 6.07) is 9.79. The molecule has 2 rings (SSSR count). The van der Waals surface area contributed by atoms with E-state index in [0.717, 1.165) is 10.4 Å². The molecule has 1 amide bonds. The molecule has 0 radical (unpaired) electrons. The molecule has 0 bridgehead atoms. The maximum Gasteiger partial charge on any atom is 0.230 e. The highest BCUT2D eigenvalue weighted by Gasteiger charge is 2.18. The van der Waals surface area contributed by atoms with Gasteiger partial charge in [-0.25, -0.2) is 4.98 Å². The second-order valence-electron chi connectivity index (χ2n) is 4.53. The molecule has 1 heterocycles. The average molecular weight is 312 g/mol. The highest BCUT2D eigenvalue weighted by molar-refractivity contribution is 7.19. The molecular weight excluding hydrogens is 294 g/mol. The molecule has 1 aromatic carbocycles. The van der Waals surface area contributed by atoms with Crippen LogP contribution in [0, 0.1) is 5.92 Å². The first-order valence-corrected chi connectivity index (χ1v) is 6.97. The van der Waals surface area contributed by atoms with Crippen LogP contribution >= 0.6 is 23.7 Å². The van der Waals surface area contributed by atoms with E-state index in [0.29, 0.717) is 5.13 Å². The molecule has 0 aliphatic heterocycles. The van der Waals surface area contributed by atoms with Crippen molar-refractivity contribution in [1.82, 2.24) is 4.98 Å². The number of halogens is 1. The van der Waals surface area contributed by atoms with E-state index in [4.69, 9.17) is 5.73 Å². The molecule has 20 heavy (non-hydrogen) atoms. The lowest BCUT2D eigenvalue weighted by molar-refractivity contribution is -0.119. The Hall–Kier alpha value is -1.43. The number of anilines is 1. The third kappa shape index (κ3) is 4.03. The van der Waals surface area contributed by atoms with Crippen LogP contribution in [0.4, 0.5) is 5.13 Å². The summed E-state index contributed by atoms with van der Waals surface area (Å²) in [5, 5.41) is 3.41. The number of nitrogens with two attached hydrogens (primary N) is 1. The second kappa shape index (κ2) is 7.38. The normalized spacial score (nSPS) is 13.2.